The molecule has 0 bridgehead atoms. The molecule has 168 valence electrons. The van der Waals surface area contributed by atoms with Crippen LogP contribution in [-0.4, -0.2) is 67.2 Å². The van der Waals surface area contributed by atoms with Crippen LogP contribution in [0, 0.1) is 0 Å². The first-order valence-corrected chi connectivity index (χ1v) is 9.90. The number of carbonyl (C=O) groups is 2. The molecule has 2 unspecified atom stereocenters. The van der Waals surface area contributed by atoms with Gasteiger partial charge in [0.25, 0.3) is 11.8 Å². The van der Waals surface area contributed by atoms with Gasteiger partial charge in [0.2, 0.25) is 0 Å². The molecular weight excluding hydrogens is 432 g/mol. The van der Waals surface area contributed by atoms with Crippen molar-refractivity contribution in [3.63, 3.8) is 0 Å². The van der Waals surface area contributed by atoms with Crippen LogP contribution in [0.3, 0.4) is 0 Å². The second-order valence-electron chi connectivity index (χ2n) is 7.18. The van der Waals surface area contributed by atoms with Crippen molar-refractivity contribution in [2.45, 2.75) is 12.2 Å². The molecule has 13 nitrogen and oxygen atoms in total. The first kappa shape index (κ1) is 20.5. The fourth-order valence-electron chi connectivity index (χ4n) is 3.43. The van der Waals surface area contributed by atoms with Crippen molar-refractivity contribution in [1.29, 1.82) is 0 Å². The molecule has 0 spiro atoms. The number of anilines is 3. The summed E-state index contributed by atoms with van der Waals surface area (Å²) in [6, 6.07) is 6.66. The van der Waals surface area contributed by atoms with Gasteiger partial charge in [0.1, 0.15) is 0 Å². The van der Waals surface area contributed by atoms with Crippen LogP contribution in [0.15, 0.2) is 53.6 Å². The second kappa shape index (κ2) is 8.29. The van der Waals surface area contributed by atoms with E-state index >= 15 is 0 Å². The van der Waals surface area contributed by atoms with Crippen molar-refractivity contribution in [2.24, 2.45) is 0 Å². The van der Waals surface area contributed by atoms with Gasteiger partial charge in [-0.2, -0.15) is 0 Å². The van der Waals surface area contributed by atoms with Gasteiger partial charge in [-0.1, -0.05) is 5.16 Å². The Labute approximate surface area is 185 Å². The summed E-state index contributed by atoms with van der Waals surface area (Å²) < 4.78 is 12.0. The lowest BCUT2D eigenvalue weighted by atomic mass is 10.1. The van der Waals surface area contributed by atoms with E-state index in [9.17, 15) is 14.7 Å². The average Bonchev–Trinajstić information content (AvgIpc) is 3.46. The summed E-state index contributed by atoms with van der Waals surface area (Å²) >= 11 is 0. The van der Waals surface area contributed by atoms with Crippen LogP contribution in [0.5, 0.6) is 0 Å². The molecule has 5 heterocycles. The minimum absolute atomic E-state index is 0.119. The zero-order chi connectivity index (χ0) is 22.9. The molecule has 0 radical (unpaired) electrons. The molecule has 4 N–H and O–H groups in total. The molecule has 0 aromatic carbocycles. The SMILES string of the molecule is Nc1noc2cc(NC(=O)C(O)C3OCCN(c4ccn(-c5ccncc5)n4)C3=O)cnc12. The van der Waals surface area contributed by atoms with Gasteiger partial charge < -0.3 is 25.4 Å². The smallest absolute Gasteiger partial charge is 0.260 e. The molecule has 33 heavy (non-hydrogen) atoms. The van der Waals surface area contributed by atoms with E-state index in [1.807, 2.05) is 0 Å². The standard InChI is InChI=1S/C20H18N8O5/c21-18-15-13(33-26-18)9-11(10-23-15)24-19(30)16(29)17-20(31)27(7-8-32-17)14-3-6-28(25-14)12-1-4-22-5-2-12/h1-6,9-10,16-17,29H,7-8H2,(H2,21,26)(H,24,30). The van der Waals surface area contributed by atoms with Crippen molar-refractivity contribution in [3.8, 4) is 5.69 Å². The molecule has 1 saturated heterocycles. The van der Waals surface area contributed by atoms with E-state index in [0.29, 0.717) is 11.3 Å². The number of morpholine rings is 1. The lowest BCUT2D eigenvalue weighted by Crippen LogP contribution is -2.55. The number of nitrogens with zero attached hydrogens (tertiary/aromatic N) is 6. The summed E-state index contributed by atoms with van der Waals surface area (Å²) in [5, 5.41) is 21.0. The normalized spacial score (nSPS) is 17.3. The van der Waals surface area contributed by atoms with E-state index < -0.39 is 24.0 Å². The monoisotopic (exact) mass is 450 g/mol. The maximum atomic E-state index is 13.0. The number of nitrogen functional groups attached to an aromatic ring is 1. The summed E-state index contributed by atoms with van der Waals surface area (Å²) in [6.07, 6.45) is 3.13. The zero-order valence-electron chi connectivity index (χ0n) is 17.0. The second-order valence-corrected chi connectivity index (χ2v) is 7.18. The molecule has 4 aromatic rings. The van der Waals surface area contributed by atoms with Crippen LogP contribution < -0.4 is 16.0 Å². The quantitative estimate of drug-likeness (QED) is 0.379. The summed E-state index contributed by atoms with van der Waals surface area (Å²) in [5.74, 6) is -0.933. The molecule has 2 atom stereocenters. The predicted octanol–water partition coefficient (Wildman–Crippen LogP) is 0.117. The van der Waals surface area contributed by atoms with Gasteiger partial charge in [-0.05, 0) is 12.1 Å². The highest BCUT2D eigenvalue weighted by Gasteiger charge is 2.40. The molecule has 1 aliphatic heterocycles. The molecule has 4 aromatic heterocycles. The highest BCUT2D eigenvalue weighted by atomic mass is 16.5. The summed E-state index contributed by atoms with van der Waals surface area (Å²) in [6.45, 7) is 0.345. The zero-order valence-corrected chi connectivity index (χ0v) is 17.0. The number of aliphatic hydroxyl groups excluding tert-OH is 1. The summed E-state index contributed by atoms with van der Waals surface area (Å²) in [7, 11) is 0. The molecule has 1 fully saturated rings. The van der Waals surface area contributed by atoms with Gasteiger partial charge in [-0.3, -0.25) is 19.5 Å². The number of pyridine rings is 2. The number of nitrogens with one attached hydrogen (secondary N) is 1. The Morgan fingerprint density at radius 1 is 1.30 bits per heavy atom. The number of amides is 2. The number of nitrogens with two attached hydrogens (primary N) is 1. The predicted molar refractivity (Wildman–Crippen MR) is 114 cm³/mol. The van der Waals surface area contributed by atoms with Gasteiger partial charge in [0.05, 0.1) is 30.7 Å². The molecule has 5 rings (SSSR count). The Kier molecular flexibility index (Phi) is 5.16. The number of ether oxygens (including phenoxy) is 1. The summed E-state index contributed by atoms with van der Waals surface area (Å²) in [4.78, 5) is 35.0. The molecule has 0 aliphatic carbocycles. The minimum Gasteiger partial charge on any atom is -0.380 e. The van der Waals surface area contributed by atoms with E-state index in [1.165, 1.54) is 17.2 Å². The van der Waals surface area contributed by atoms with Crippen molar-refractivity contribution in [3.05, 3.63) is 49.1 Å². The van der Waals surface area contributed by atoms with Gasteiger partial charge >= 0.3 is 0 Å². The number of hydrogen-bond donors (Lipinski definition) is 3. The van der Waals surface area contributed by atoms with Gasteiger partial charge in [0.15, 0.2) is 34.9 Å². The largest absolute Gasteiger partial charge is 0.380 e. The molecule has 2 amide bonds. The van der Waals surface area contributed by atoms with Gasteiger partial charge in [-0.15, -0.1) is 5.10 Å². The number of aromatic nitrogens is 5. The van der Waals surface area contributed by atoms with Crippen LogP contribution in [0.1, 0.15) is 0 Å². The first-order valence-electron chi connectivity index (χ1n) is 9.90. The topological polar surface area (TPSA) is 175 Å². The third-order valence-electron chi connectivity index (χ3n) is 5.06. The fraction of sp³-hybridized carbons (Fsp3) is 0.200. The van der Waals surface area contributed by atoms with Crippen LogP contribution in [0.2, 0.25) is 0 Å². The Bertz CT molecular complexity index is 1320. The number of fused-ring (bicyclic) bond motifs is 1. The van der Waals surface area contributed by atoms with Crippen molar-refractivity contribution < 1.29 is 24.0 Å². The van der Waals surface area contributed by atoms with E-state index in [1.54, 1.807) is 41.5 Å². The van der Waals surface area contributed by atoms with Gasteiger partial charge in [-0.25, -0.2) is 9.67 Å². The maximum Gasteiger partial charge on any atom is 0.260 e. The number of carbonyl (C=O) groups excluding carboxylic acids is 2. The van der Waals surface area contributed by atoms with Crippen LogP contribution in [0.4, 0.5) is 17.3 Å². The third kappa shape index (κ3) is 3.86. The van der Waals surface area contributed by atoms with Crippen LogP contribution in [-0.2, 0) is 14.3 Å². The number of aliphatic hydroxyl groups is 1. The number of hydrogen-bond acceptors (Lipinski definition) is 10. The highest BCUT2D eigenvalue weighted by molar-refractivity contribution is 6.03. The Morgan fingerprint density at radius 3 is 2.94 bits per heavy atom. The van der Waals surface area contributed by atoms with Crippen LogP contribution in [0.25, 0.3) is 16.8 Å². The highest BCUT2D eigenvalue weighted by Crippen LogP contribution is 2.23. The number of rotatable bonds is 5. The van der Waals surface area contributed by atoms with E-state index in [2.05, 4.69) is 25.5 Å². The summed E-state index contributed by atoms with van der Waals surface area (Å²) in [5.41, 5.74) is 7.24. The first-order chi connectivity index (χ1) is 16.0. The fourth-order valence-corrected chi connectivity index (χ4v) is 3.43. The molecule has 1 aliphatic rings. The minimum atomic E-state index is -1.77. The van der Waals surface area contributed by atoms with Crippen LogP contribution >= 0.6 is 0 Å². The third-order valence-corrected chi connectivity index (χ3v) is 5.06. The lowest BCUT2D eigenvalue weighted by Gasteiger charge is -2.32. The van der Waals surface area contributed by atoms with E-state index in [-0.39, 0.29) is 30.2 Å². The van der Waals surface area contributed by atoms with E-state index in [0.717, 1.165) is 5.69 Å². The Morgan fingerprint density at radius 2 is 2.12 bits per heavy atom. The Hall–Kier alpha value is -4.36. The van der Waals surface area contributed by atoms with Crippen molar-refractivity contribution in [1.82, 2.24) is 24.9 Å². The lowest BCUT2D eigenvalue weighted by molar-refractivity contribution is -0.150. The van der Waals surface area contributed by atoms with Crippen molar-refractivity contribution >= 4 is 40.2 Å². The average molecular weight is 450 g/mol. The van der Waals surface area contributed by atoms with Crippen molar-refractivity contribution in [2.75, 3.05) is 29.1 Å². The van der Waals surface area contributed by atoms with Gasteiger partial charge in [0, 0.05) is 30.7 Å². The van der Waals surface area contributed by atoms with E-state index in [4.69, 9.17) is 15.0 Å². The molecule has 13 heteroatoms. The Balaban J connectivity index is 1.30. The maximum absolute atomic E-state index is 13.0. The molecular formula is C20H18N8O5. The molecule has 0 saturated carbocycles.